The summed E-state index contributed by atoms with van der Waals surface area (Å²) in [6, 6.07) is 7.70. The Labute approximate surface area is 121 Å². The summed E-state index contributed by atoms with van der Waals surface area (Å²) in [6.45, 7) is 7.85. The number of hydrazine groups is 1. The molecule has 1 aromatic rings. The lowest BCUT2D eigenvalue weighted by Crippen LogP contribution is -2.38. The fourth-order valence-electron chi connectivity index (χ4n) is 2.76. The van der Waals surface area contributed by atoms with Gasteiger partial charge in [-0.15, -0.1) is 0 Å². The molecule has 1 amide bonds. The average molecular weight is 275 g/mol. The van der Waals surface area contributed by atoms with Gasteiger partial charge in [0.1, 0.15) is 0 Å². The number of carbonyl (C=O) groups excluding carboxylic acids is 1. The summed E-state index contributed by atoms with van der Waals surface area (Å²) >= 11 is 0. The van der Waals surface area contributed by atoms with Crippen LogP contribution in [0.1, 0.15) is 49.0 Å². The van der Waals surface area contributed by atoms with Gasteiger partial charge in [0.15, 0.2) is 0 Å². The SMILES string of the molecule is CCC1(C)CCN(Cc2cccc(C(=O)NN)c2)CC1. The van der Waals surface area contributed by atoms with Gasteiger partial charge in [0.25, 0.3) is 5.91 Å². The van der Waals surface area contributed by atoms with Gasteiger partial charge in [0.2, 0.25) is 0 Å². The smallest absolute Gasteiger partial charge is 0.265 e. The van der Waals surface area contributed by atoms with E-state index in [-0.39, 0.29) is 5.91 Å². The van der Waals surface area contributed by atoms with Crippen molar-refractivity contribution in [2.24, 2.45) is 11.3 Å². The maximum absolute atomic E-state index is 11.5. The Bertz CT molecular complexity index is 465. The molecule has 0 radical (unpaired) electrons. The van der Waals surface area contributed by atoms with E-state index in [0.717, 1.165) is 19.6 Å². The Kier molecular flexibility index (Phi) is 4.78. The first-order chi connectivity index (χ1) is 9.56. The van der Waals surface area contributed by atoms with Crippen LogP contribution < -0.4 is 11.3 Å². The van der Waals surface area contributed by atoms with Gasteiger partial charge in [0.05, 0.1) is 0 Å². The first-order valence-electron chi connectivity index (χ1n) is 7.38. The monoisotopic (exact) mass is 275 g/mol. The minimum absolute atomic E-state index is 0.232. The number of amides is 1. The van der Waals surface area contributed by atoms with E-state index < -0.39 is 0 Å². The number of likely N-dealkylation sites (tertiary alicyclic amines) is 1. The van der Waals surface area contributed by atoms with Crippen molar-refractivity contribution in [2.45, 2.75) is 39.7 Å². The zero-order valence-corrected chi connectivity index (χ0v) is 12.5. The molecule has 4 nitrogen and oxygen atoms in total. The third-order valence-electron chi connectivity index (χ3n) is 4.64. The molecule has 0 aromatic heterocycles. The van der Waals surface area contributed by atoms with E-state index in [2.05, 4.69) is 30.2 Å². The predicted molar refractivity (Wildman–Crippen MR) is 81.0 cm³/mol. The first kappa shape index (κ1) is 15.0. The largest absolute Gasteiger partial charge is 0.299 e. The molecule has 4 heteroatoms. The molecule has 1 aliphatic rings. The molecule has 1 aromatic carbocycles. The number of hydrogen-bond acceptors (Lipinski definition) is 3. The molecule has 1 saturated heterocycles. The molecule has 2 rings (SSSR count). The highest BCUT2D eigenvalue weighted by Crippen LogP contribution is 2.34. The minimum atomic E-state index is -0.232. The van der Waals surface area contributed by atoms with Crippen LogP contribution in [0.25, 0.3) is 0 Å². The third-order valence-corrected chi connectivity index (χ3v) is 4.64. The van der Waals surface area contributed by atoms with Crippen molar-refractivity contribution in [2.75, 3.05) is 13.1 Å². The van der Waals surface area contributed by atoms with E-state index in [0.29, 0.717) is 11.0 Å². The van der Waals surface area contributed by atoms with Crippen LogP contribution in [0.5, 0.6) is 0 Å². The number of nitrogen functional groups attached to an aromatic ring is 1. The Morgan fingerprint density at radius 1 is 1.40 bits per heavy atom. The third kappa shape index (κ3) is 3.58. The van der Waals surface area contributed by atoms with Crippen LogP contribution in [0.3, 0.4) is 0 Å². The quantitative estimate of drug-likeness (QED) is 0.503. The van der Waals surface area contributed by atoms with Crippen molar-refractivity contribution in [1.29, 1.82) is 0 Å². The number of nitrogens with two attached hydrogens (primary N) is 1. The number of nitrogens with zero attached hydrogens (tertiary/aromatic N) is 1. The molecule has 0 spiro atoms. The standard InChI is InChI=1S/C16H25N3O/c1-3-16(2)7-9-19(10-8-16)12-13-5-4-6-14(11-13)15(20)18-17/h4-6,11H,3,7-10,12,17H2,1-2H3,(H,18,20). The van der Waals surface area contributed by atoms with E-state index in [9.17, 15) is 4.79 Å². The van der Waals surface area contributed by atoms with Crippen molar-refractivity contribution in [1.82, 2.24) is 10.3 Å². The summed E-state index contributed by atoms with van der Waals surface area (Å²) in [5.41, 5.74) is 4.49. The van der Waals surface area contributed by atoms with Crippen molar-refractivity contribution >= 4 is 5.91 Å². The van der Waals surface area contributed by atoms with Gasteiger partial charge in [-0.1, -0.05) is 32.4 Å². The van der Waals surface area contributed by atoms with Crippen molar-refractivity contribution in [3.05, 3.63) is 35.4 Å². The second kappa shape index (κ2) is 6.37. The van der Waals surface area contributed by atoms with Gasteiger partial charge in [-0.05, 0) is 49.0 Å². The van der Waals surface area contributed by atoms with E-state index in [1.165, 1.54) is 24.8 Å². The number of rotatable bonds is 4. The highest BCUT2D eigenvalue weighted by Gasteiger charge is 2.28. The molecule has 20 heavy (non-hydrogen) atoms. The van der Waals surface area contributed by atoms with Crippen molar-refractivity contribution in [3.63, 3.8) is 0 Å². The summed E-state index contributed by atoms with van der Waals surface area (Å²) in [6.07, 6.45) is 3.77. The van der Waals surface area contributed by atoms with Crippen molar-refractivity contribution in [3.8, 4) is 0 Å². The zero-order chi connectivity index (χ0) is 14.6. The Morgan fingerprint density at radius 2 is 2.10 bits per heavy atom. The molecule has 0 bridgehead atoms. The number of benzene rings is 1. The lowest BCUT2D eigenvalue weighted by atomic mass is 9.78. The topological polar surface area (TPSA) is 58.4 Å². The fraction of sp³-hybridized carbons (Fsp3) is 0.562. The van der Waals surface area contributed by atoms with Crippen LogP contribution in [-0.2, 0) is 6.54 Å². The molecule has 0 saturated carbocycles. The van der Waals surface area contributed by atoms with Crippen LogP contribution in [0.4, 0.5) is 0 Å². The summed E-state index contributed by atoms with van der Waals surface area (Å²) in [7, 11) is 0. The zero-order valence-electron chi connectivity index (χ0n) is 12.5. The highest BCUT2D eigenvalue weighted by molar-refractivity contribution is 5.93. The Hall–Kier alpha value is -1.39. The number of nitrogens with one attached hydrogen (secondary N) is 1. The van der Waals surface area contributed by atoms with Crippen LogP contribution in [0.2, 0.25) is 0 Å². The minimum Gasteiger partial charge on any atom is -0.299 e. The average Bonchev–Trinajstić information content (AvgIpc) is 2.49. The highest BCUT2D eigenvalue weighted by atomic mass is 16.2. The first-order valence-corrected chi connectivity index (χ1v) is 7.38. The van der Waals surface area contributed by atoms with Crippen molar-refractivity contribution < 1.29 is 4.79 Å². The van der Waals surface area contributed by atoms with E-state index in [4.69, 9.17) is 5.84 Å². The van der Waals surface area contributed by atoms with Gasteiger partial charge in [-0.25, -0.2) is 5.84 Å². The fourth-order valence-corrected chi connectivity index (χ4v) is 2.76. The van der Waals surface area contributed by atoms with Gasteiger partial charge >= 0.3 is 0 Å². The molecule has 1 aliphatic heterocycles. The second-order valence-electron chi connectivity index (χ2n) is 6.11. The molecular weight excluding hydrogens is 250 g/mol. The van der Waals surface area contributed by atoms with Gasteiger partial charge in [-0.3, -0.25) is 15.1 Å². The van der Waals surface area contributed by atoms with Crippen LogP contribution in [0, 0.1) is 5.41 Å². The summed E-state index contributed by atoms with van der Waals surface area (Å²) in [5.74, 6) is 4.94. The molecule has 110 valence electrons. The van der Waals surface area contributed by atoms with E-state index >= 15 is 0 Å². The Morgan fingerprint density at radius 3 is 2.70 bits per heavy atom. The molecule has 0 aliphatic carbocycles. The maximum atomic E-state index is 11.5. The van der Waals surface area contributed by atoms with Gasteiger partial charge in [-0.2, -0.15) is 0 Å². The summed E-state index contributed by atoms with van der Waals surface area (Å²) in [5, 5.41) is 0. The molecule has 1 heterocycles. The van der Waals surface area contributed by atoms with Gasteiger partial charge in [0, 0.05) is 12.1 Å². The number of hydrogen-bond donors (Lipinski definition) is 2. The lowest BCUT2D eigenvalue weighted by molar-refractivity contribution is 0.0953. The number of carbonyl (C=O) groups is 1. The molecular formula is C16H25N3O. The Balaban J connectivity index is 1.96. The molecule has 0 atom stereocenters. The molecule has 3 N–H and O–H groups in total. The van der Waals surface area contributed by atoms with Crippen LogP contribution in [-0.4, -0.2) is 23.9 Å². The lowest BCUT2D eigenvalue weighted by Gasteiger charge is -2.39. The number of piperidine rings is 1. The van der Waals surface area contributed by atoms with E-state index in [1.54, 1.807) is 6.07 Å². The summed E-state index contributed by atoms with van der Waals surface area (Å²) in [4.78, 5) is 14.0. The van der Waals surface area contributed by atoms with E-state index in [1.807, 2.05) is 12.1 Å². The second-order valence-corrected chi connectivity index (χ2v) is 6.11. The summed E-state index contributed by atoms with van der Waals surface area (Å²) < 4.78 is 0. The molecule has 0 unspecified atom stereocenters. The van der Waals surface area contributed by atoms with Crippen LogP contribution >= 0.6 is 0 Å². The normalized spacial score (nSPS) is 18.8. The predicted octanol–water partition coefficient (Wildman–Crippen LogP) is 2.30. The maximum Gasteiger partial charge on any atom is 0.265 e. The van der Waals surface area contributed by atoms with Gasteiger partial charge < -0.3 is 0 Å². The van der Waals surface area contributed by atoms with Crippen LogP contribution in [0.15, 0.2) is 24.3 Å². The molecule has 1 fully saturated rings.